The molecule has 0 saturated carbocycles. The van der Waals surface area contributed by atoms with Gasteiger partial charge in [0, 0.05) is 41.2 Å². The van der Waals surface area contributed by atoms with Crippen LogP contribution in [0.1, 0.15) is 18.7 Å². The van der Waals surface area contributed by atoms with Crippen LogP contribution >= 0.6 is 0 Å². The predicted octanol–water partition coefficient (Wildman–Crippen LogP) is -0.854. The molecule has 1 aromatic heterocycles. The van der Waals surface area contributed by atoms with Gasteiger partial charge in [-0.25, -0.2) is 0 Å². The van der Waals surface area contributed by atoms with Gasteiger partial charge in [0.15, 0.2) is 5.82 Å². The van der Waals surface area contributed by atoms with Gasteiger partial charge in [0.2, 0.25) is 23.7 Å². The van der Waals surface area contributed by atoms with E-state index in [0.717, 1.165) is 0 Å². The lowest BCUT2D eigenvalue weighted by Crippen LogP contribution is -2.42. The Morgan fingerprint density at radius 1 is 1.17 bits per heavy atom. The van der Waals surface area contributed by atoms with Gasteiger partial charge in [-0.05, 0) is 6.42 Å². The van der Waals surface area contributed by atoms with E-state index in [9.17, 15) is 9.59 Å². The van der Waals surface area contributed by atoms with Gasteiger partial charge in [-0.3, -0.25) is 9.59 Å². The minimum Gasteiger partial charge on any atom is -0.355 e. The number of rotatable bonds is 5. The Morgan fingerprint density at radius 3 is 2.26 bits per heavy atom. The molecular formula is C14H23N7O2. The highest BCUT2D eigenvalue weighted by atomic mass is 16.2. The zero-order valence-corrected chi connectivity index (χ0v) is 14.0. The third-order valence-electron chi connectivity index (χ3n) is 3.52. The molecule has 1 fully saturated rings. The van der Waals surface area contributed by atoms with Crippen molar-refractivity contribution in [3.8, 4) is 0 Å². The van der Waals surface area contributed by atoms with Crippen molar-refractivity contribution in [2.75, 3.05) is 44.5 Å². The van der Waals surface area contributed by atoms with Crippen LogP contribution in [-0.2, 0) is 16.1 Å². The Morgan fingerprint density at radius 2 is 1.78 bits per heavy atom. The van der Waals surface area contributed by atoms with E-state index in [4.69, 9.17) is 0 Å². The number of carbonyl (C=O) groups is 2. The highest BCUT2D eigenvalue weighted by Gasteiger charge is 2.24. The summed E-state index contributed by atoms with van der Waals surface area (Å²) in [5, 5.41) is 5.54. The summed E-state index contributed by atoms with van der Waals surface area (Å²) >= 11 is 0. The van der Waals surface area contributed by atoms with Crippen molar-refractivity contribution < 1.29 is 9.59 Å². The summed E-state index contributed by atoms with van der Waals surface area (Å²) in [7, 11) is 7.40. The fourth-order valence-electron chi connectivity index (χ4n) is 2.14. The van der Waals surface area contributed by atoms with Crippen molar-refractivity contribution in [1.29, 1.82) is 0 Å². The first kappa shape index (κ1) is 16.9. The maximum atomic E-state index is 12.2. The van der Waals surface area contributed by atoms with Crippen molar-refractivity contribution >= 4 is 23.7 Å². The van der Waals surface area contributed by atoms with Crippen LogP contribution in [0, 0.1) is 5.92 Å². The van der Waals surface area contributed by atoms with Crippen LogP contribution in [0.4, 0.5) is 11.9 Å². The summed E-state index contributed by atoms with van der Waals surface area (Å²) in [4.78, 5) is 39.9. The second kappa shape index (κ2) is 7.21. The van der Waals surface area contributed by atoms with Crippen molar-refractivity contribution in [2.24, 2.45) is 5.92 Å². The van der Waals surface area contributed by atoms with Crippen LogP contribution in [0.25, 0.3) is 0 Å². The van der Waals surface area contributed by atoms with Crippen LogP contribution in [-0.4, -0.2) is 61.5 Å². The molecule has 2 amide bonds. The van der Waals surface area contributed by atoms with Crippen LogP contribution in [0.3, 0.4) is 0 Å². The molecule has 2 N–H and O–H groups in total. The van der Waals surface area contributed by atoms with E-state index in [1.807, 2.05) is 28.2 Å². The Kier molecular flexibility index (Phi) is 5.30. The molecule has 2 heterocycles. The first-order chi connectivity index (χ1) is 10.9. The number of nitrogens with one attached hydrogen (secondary N) is 2. The minimum absolute atomic E-state index is 0.00207. The van der Waals surface area contributed by atoms with Crippen LogP contribution in [0.2, 0.25) is 0 Å². The molecule has 126 valence electrons. The average molecular weight is 321 g/mol. The molecule has 0 spiro atoms. The molecule has 1 aliphatic rings. The maximum absolute atomic E-state index is 12.2. The molecule has 0 radical (unpaired) electrons. The van der Waals surface area contributed by atoms with E-state index in [0.29, 0.717) is 37.1 Å². The summed E-state index contributed by atoms with van der Waals surface area (Å²) in [6, 6.07) is 0. The number of carbonyl (C=O) groups excluding carboxylic acids is 2. The molecule has 1 aliphatic heterocycles. The zero-order chi connectivity index (χ0) is 17.0. The molecule has 9 nitrogen and oxygen atoms in total. The van der Waals surface area contributed by atoms with E-state index in [2.05, 4.69) is 25.6 Å². The Bertz CT molecular complexity index is 552. The number of aromatic nitrogens is 3. The Labute approximate surface area is 135 Å². The summed E-state index contributed by atoms with van der Waals surface area (Å²) in [5.41, 5.74) is 0. The lowest BCUT2D eigenvalue weighted by Gasteiger charge is -2.21. The summed E-state index contributed by atoms with van der Waals surface area (Å²) in [6.45, 7) is 0.612. The molecule has 1 saturated heterocycles. The molecule has 1 unspecified atom stereocenters. The molecule has 2 rings (SSSR count). The second-order valence-corrected chi connectivity index (χ2v) is 5.90. The van der Waals surface area contributed by atoms with Crippen molar-refractivity contribution in [1.82, 2.24) is 25.6 Å². The van der Waals surface area contributed by atoms with Gasteiger partial charge in [0.1, 0.15) is 0 Å². The van der Waals surface area contributed by atoms with Gasteiger partial charge in [0.25, 0.3) is 0 Å². The summed E-state index contributed by atoms with van der Waals surface area (Å²) < 4.78 is 0. The maximum Gasteiger partial charge on any atom is 0.229 e. The van der Waals surface area contributed by atoms with E-state index in [-0.39, 0.29) is 24.3 Å². The van der Waals surface area contributed by atoms with Crippen LogP contribution < -0.4 is 20.4 Å². The monoisotopic (exact) mass is 321 g/mol. The van der Waals surface area contributed by atoms with Gasteiger partial charge in [-0.1, -0.05) is 0 Å². The standard InChI is InChI=1S/C14H23N7O2/c1-20(2)13-17-10(18-14(19-13)21(3)4)8-16-12(23)9-5-6-11(22)15-7-9/h9H,5-8H2,1-4H3,(H,15,22)(H,16,23). The molecule has 1 atom stereocenters. The van der Waals surface area contributed by atoms with Crippen molar-refractivity contribution in [2.45, 2.75) is 19.4 Å². The highest BCUT2D eigenvalue weighted by Crippen LogP contribution is 2.12. The number of piperidine rings is 1. The lowest BCUT2D eigenvalue weighted by atomic mass is 9.98. The first-order valence-electron chi connectivity index (χ1n) is 7.51. The fourth-order valence-corrected chi connectivity index (χ4v) is 2.14. The molecule has 0 bridgehead atoms. The second-order valence-electron chi connectivity index (χ2n) is 5.90. The largest absolute Gasteiger partial charge is 0.355 e. The number of anilines is 2. The van der Waals surface area contributed by atoms with Crippen molar-refractivity contribution in [3.05, 3.63) is 5.82 Å². The quantitative estimate of drug-likeness (QED) is 0.728. The number of nitrogens with zero attached hydrogens (tertiary/aromatic N) is 5. The highest BCUT2D eigenvalue weighted by molar-refractivity contribution is 5.83. The molecule has 0 aromatic carbocycles. The predicted molar refractivity (Wildman–Crippen MR) is 86.1 cm³/mol. The smallest absolute Gasteiger partial charge is 0.229 e. The van der Waals surface area contributed by atoms with Gasteiger partial charge < -0.3 is 20.4 Å². The third kappa shape index (κ3) is 4.51. The van der Waals surface area contributed by atoms with E-state index >= 15 is 0 Å². The fraction of sp³-hybridized carbons (Fsp3) is 0.643. The minimum atomic E-state index is -0.198. The first-order valence-corrected chi connectivity index (χ1v) is 7.51. The van der Waals surface area contributed by atoms with E-state index in [1.165, 1.54) is 0 Å². The topological polar surface area (TPSA) is 103 Å². The summed E-state index contributed by atoms with van der Waals surface area (Å²) in [5.74, 6) is 1.29. The molecule has 0 aliphatic carbocycles. The van der Waals surface area contributed by atoms with E-state index in [1.54, 1.807) is 9.80 Å². The molecular weight excluding hydrogens is 298 g/mol. The van der Waals surface area contributed by atoms with E-state index < -0.39 is 0 Å². The number of hydrogen-bond donors (Lipinski definition) is 2. The Hall–Kier alpha value is -2.45. The summed E-state index contributed by atoms with van der Waals surface area (Å²) in [6.07, 6.45) is 0.958. The molecule has 9 heteroatoms. The van der Waals surface area contributed by atoms with Gasteiger partial charge >= 0.3 is 0 Å². The third-order valence-corrected chi connectivity index (χ3v) is 3.52. The Balaban J connectivity index is 2.01. The van der Waals surface area contributed by atoms with Gasteiger partial charge in [0.05, 0.1) is 12.5 Å². The van der Waals surface area contributed by atoms with Crippen LogP contribution in [0.15, 0.2) is 0 Å². The molecule has 23 heavy (non-hydrogen) atoms. The number of hydrogen-bond acceptors (Lipinski definition) is 7. The molecule has 1 aromatic rings. The lowest BCUT2D eigenvalue weighted by molar-refractivity contribution is -0.129. The average Bonchev–Trinajstić information content (AvgIpc) is 2.52. The zero-order valence-electron chi connectivity index (χ0n) is 14.0. The SMILES string of the molecule is CN(C)c1nc(CNC(=O)C2CCC(=O)NC2)nc(N(C)C)n1. The van der Waals surface area contributed by atoms with Crippen molar-refractivity contribution in [3.63, 3.8) is 0 Å². The normalized spacial score (nSPS) is 17.4. The van der Waals surface area contributed by atoms with Crippen LogP contribution in [0.5, 0.6) is 0 Å². The van der Waals surface area contributed by atoms with Gasteiger partial charge in [-0.15, -0.1) is 0 Å². The van der Waals surface area contributed by atoms with Gasteiger partial charge in [-0.2, -0.15) is 15.0 Å². The number of amides is 2.